The molecule has 5 heteroatoms. The number of furan rings is 1. The van der Waals surface area contributed by atoms with Crippen LogP contribution in [0.1, 0.15) is 37.1 Å². The third-order valence-electron chi connectivity index (χ3n) is 4.14. The van der Waals surface area contributed by atoms with Gasteiger partial charge in [0.2, 0.25) is 0 Å². The summed E-state index contributed by atoms with van der Waals surface area (Å²) in [5, 5.41) is 0. The molecular formula is C15H25N3O2. The maximum absolute atomic E-state index is 12.3. The molecule has 1 aromatic heterocycles. The van der Waals surface area contributed by atoms with Crippen LogP contribution in [0, 0.1) is 0 Å². The highest BCUT2D eigenvalue weighted by molar-refractivity contribution is 5.91. The zero-order valence-corrected chi connectivity index (χ0v) is 12.7. The topological polar surface area (TPSA) is 62.7 Å². The molecule has 1 aliphatic rings. The normalized spacial score (nSPS) is 17.5. The van der Waals surface area contributed by atoms with Crippen LogP contribution < -0.4 is 5.73 Å². The molecule has 0 bridgehead atoms. The fourth-order valence-corrected chi connectivity index (χ4v) is 2.48. The molecule has 0 radical (unpaired) electrons. The lowest BCUT2D eigenvalue weighted by atomic mass is 10.0. The van der Waals surface area contributed by atoms with Gasteiger partial charge in [-0.3, -0.25) is 9.69 Å². The molecule has 2 rings (SSSR count). The molecule has 0 atom stereocenters. The quantitative estimate of drug-likeness (QED) is 0.903. The van der Waals surface area contributed by atoms with E-state index < -0.39 is 0 Å². The molecule has 5 nitrogen and oxygen atoms in total. The first-order valence-corrected chi connectivity index (χ1v) is 7.31. The monoisotopic (exact) mass is 279 g/mol. The molecule has 1 aromatic rings. The molecule has 0 spiro atoms. The summed E-state index contributed by atoms with van der Waals surface area (Å²) in [5.41, 5.74) is 5.80. The summed E-state index contributed by atoms with van der Waals surface area (Å²) < 4.78 is 5.54. The van der Waals surface area contributed by atoms with Gasteiger partial charge >= 0.3 is 0 Å². The van der Waals surface area contributed by atoms with Crippen molar-refractivity contribution in [2.45, 2.75) is 32.7 Å². The molecule has 2 N–H and O–H groups in total. The van der Waals surface area contributed by atoms with Crippen molar-refractivity contribution in [1.29, 1.82) is 0 Å². The van der Waals surface area contributed by atoms with Crippen molar-refractivity contribution < 1.29 is 9.21 Å². The van der Waals surface area contributed by atoms with Crippen molar-refractivity contribution in [2.75, 3.05) is 32.7 Å². The second-order valence-corrected chi connectivity index (χ2v) is 5.92. The lowest BCUT2D eigenvalue weighted by Crippen LogP contribution is -2.58. The third-order valence-corrected chi connectivity index (χ3v) is 4.14. The maximum Gasteiger partial charge on any atom is 0.289 e. The van der Waals surface area contributed by atoms with E-state index in [-0.39, 0.29) is 11.4 Å². The van der Waals surface area contributed by atoms with Gasteiger partial charge in [-0.2, -0.15) is 0 Å². The second kappa shape index (κ2) is 5.97. The van der Waals surface area contributed by atoms with Crippen molar-refractivity contribution in [2.24, 2.45) is 5.73 Å². The number of rotatable bonds is 4. The van der Waals surface area contributed by atoms with Crippen LogP contribution >= 0.6 is 0 Å². The summed E-state index contributed by atoms with van der Waals surface area (Å²) in [6.07, 6.45) is 0.811. The number of nitrogens with zero attached hydrogens (tertiary/aromatic N) is 2. The van der Waals surface area contributed by atoms with Crippen molar-refractivity contribution >= 4 is 5.91 Å². The Labute approximate surface area is 120 Å². The molecule has 0 saturated carbocycles. The van der Waals surface area contributed by atoms with Gasteiger partial charge in [0.1, 0.15) is 5.76 Å². The van der Waals surface area contributed by atoms with Gasteiger partial charge in [-0.25, -0.2) is 0 Å². The van der Waals surface area contributed by atoms with Gasteiger partial charge in [0.25, 0.3) is 5.91 Å². The van der Waals surface area contributed by atoms with Gasteiger partial charge in [-0.15, -0.1) is 0 Å². The predicted molar refractivity (Wildman–Crippen MR) is 78.7 cm³/mol. The first-order valence-electron chi connectivity index (χ1n) is 7.31. The fraction of sp³-hybridized carbons (Fsp3) is 0.667. The average Bonchev–Trinajstić information content (AvgIpc) is 2.95. The number of amides is 1. The lowest BCUT2D eigenvalue weighted by Gasteiger charge is -2.43. The summed E-state index contributed by atoms with van der Waals surface area (Å²) in [6, 6.07) is 3.65. The summed E-state index contributed by atoms with van der Waals surface area (Å²) in [4.78, 5) is 16.5. The minimum absolute atomic E-state index is 0.00472. The summed E-state index contributed by atoms with van der Waals surface area (Å²) in [5.74, 6) is 1.31. The minimum atomic E-state index is -0.00476. The Bertz CT molecular complexity index is 459. The fourth-order valence-electron chi connectivity index (χ4n) is 2.48. The van der Waals surface area contributed by atoms with Crippen molar-refractivity contribution in [3.63, 3.8) is 0 Å². The van der Waals surface area contributed by atoms with Crippen LogP contribution in [-0.2, 0) is 6.42 Å². The van der Waals surface area contributed by atoms with E-state index >= 15 is 0 Å². The van der Waals surface area contributed by atoms with Crippen LogP contribution in [0.4, 0.5) is 0 Å². The number of hydrogen-bond donors (Lipinski definition) is 1. The number of aryl methyl sites for hydroxylation is 1. The lowest BCUT2D eigenvalue weighted by molar-refractivity contribution is 0.0403. The summed E-state index contributed by atoms with van der Waals surface area (Å²) >= 11 is 0. The van der Waals surface area contributed by atoms with Gasteiger partial charge in [-0.05, 0) is 26.0 Å². The van der Waals surface area contributed by atoms with E-state index in [9.17, 15) is 4.79 Å². The number of carbonyl (C=O) groups excluding carboxylic acids is 1. The highest BCUT2D eigenvalue weighted by Crippen LogP contribution is 2.18. The van der Waals surface area contributed by atoms with E-state index in [2.05, 4.69) is 18.7 Å². The Morgan fingerprint density at radius 3 is 2.45 bits per heavy atom. The van der Waals surface area contributed by atoms with E-state index in [4.69, 9.17) is 10.2 Å². The first kappa shape index (κ1) is 15.1. The standard InChI is InChI=1S/C15H25N3O2/c1-4-12-5-6-13(20-12)14(19)17-7-9-18(10-8-17)15(2,3)11-16/h5-6H,4,7-11,16H2,1-3H3. The highest BCUT2D eigenvalue weighted by Gasteiger charge is 2.31. The first-order chi connectivity index (χ1) is 9.47. The van der Waals surface area contributed by atoms with Crippen molar-refractivity contribution in [3.8, 4) is 0 Å². The molecule has 1 saturated heterocycles. The van der Waals surface area contributed by atoms with Crippen LogP contribution in [-0.4, -0.2) is 54.0 Å². The van der Waals surface area contributed by atoms with E-state index in [0.29, 0.717) is 12.3 Å². The van der Waals surface area contributed by atoms with E-state index in [1.807, 2.05) is 17.9 Å². The number of hydrogen-bond acceptors (Lipinski definition) is 4. The van der Waals surface area contributed by atoms with Crippen LogP contribution in [0.5, 0.6) is 0 Å². The van der Waals surface area contributed by atoms with Crippen molar-refractivity contribution in [3.05, 3.63) is 23.7 Å². The van der Waals surface area contributed by atoms with E-state index in [1.54, 1.807) is 6.07 Å². The zero-order valence-electron chi connectivity index (χ0n) is 12.7. The minimum Gasteiger partial charge on any atom is -0.456 e. The third kappa shape index (κ3) is 3.04. The number of piperazine rings is 1. The molecule has 1 fully saturated rings. The predicted octanol–water partition coefficient (Wildman–Crippen LogP) is 1.34. The Hall–Kier alpha value is -1.33. The Morgan fingerprint density at radius 2 is 1.95 bits per heavy atom. The van der Waals surface area contributed by atoms with Crippen LogP contribution in [0.15, 0.2) is 16.5 Å². The molecular weight excluding hydrogens is 254 g/mol. The summed E-state index contributed by atoms with van der Waals surface area (Å²) in [7, 11) is 0. The van der Waals surface area contributed by atoms with E-state index in [0.717, 1.165) is 38.4 Å². The molecule has 112 valence electrons. The molecule has 0 aliphatic carbocycles. The molecule has 0 unspecified atom stereocenters. The van der Waals surface area contributed by atoms with Gasteiger partial charge < -0.3 is 15.1 Å². The van der Waals surface area contributed by atoms with Crippen molar-refractivity contribution in [1.82, 2.24) is 9.80 Å². The van der Waals surface area contributed by atoms with Gasteiger partial charge in [0, 0.05) is 44.7 Å². The highest BCUT2D eigenvalue weighted by atomic mass is 16.4. The maximum atomic E-state index is 12.3. The molecule has 0 aromatic carbocycles. The van der Waals surface area contributed by atoms with Crippen LogP contribution in [0.2, 0.25) is 0 Å². The summed E-state index contributed by atoms with van der Waals surface area (Å²) in [6.45, 7) is 10.1. The molecule has 1 amide bonds. The second-order valence-electron chi connectivity index (χ2n) is 5.92. The Balaban J connectivity index is 1.95. The zero-order chi connectivity index (χ0) is 14.8. The molecule has 1 aliphatic heterocycles. The van der Waals surface area contributed by atoms with Gasteiger partial charge in [-0.1, -0.05) is 6.92 Å². The average molecular weight is 279 g/mol. The molecule has 20 heavy (non-hydrogen) atoms. The Kier molecular flexibility index (Phi) is 4.50. The van der Waals surface area contributed by atoms with Crippen LogP contribution in [0.3, 0.4) is 0 Å². The van der Waals surface area contributed by atoms with Gasteiger partial charge in [0.05, 0.1) is 0 Å². The smallest absolute Gasteiger partial charge is 0.289 e. The molecule has 2 heterocycles. The Morgan fingerprint density at radius 1 is 1.30 bits per heavy atom. The SMILES string of the molecule is CCc1ccc(C(=O)N2CCN(C(C)(C)CN)CC2)o1. The number of carbonyl (C=O) groups is 1. The van der Waals surface area contributed by atoms with Gasteiger partial charge in [0.15, 0.2) is 5.76 Å². The van der Waals surface area contributed by atoms with Crippen LogP contribution in [0.25, 0.3) is 0 Å². The number of nitrogens with two attached hydrogens (primary N) is 1. The van der Waals surface area contributed by atoms with E-state index in [1.165, 1.54) is 0 Å². The largest absolute Gasteiger partial charge is 0.456 e.